The van der Waals surface area contributed by atoms with Gasteiger partial charge in [-0.05, 0) is 19.4 Å². The van der Waals surface area contributed by atoms with Crippen LogP contribution < -0.4 is 5.32 Å². The van der Waals surface area contributed by atoms with Gasteiger partial charge < -0.3 is 10.1 Å². The van der Waals surface area contributed by atoms with Crippen LogP contribution in [0, 0.1) is 11.8 Å². The van der Waals surface area contributed by atoms with Crippen LogP contribution in [0.5, 0.6) is 0 Å². The molecule has 0 aromatic rings. The van der Waals surface area contributed by atoms with E-state index in [4.69, 9.17) is 4.74 Å². The number of hydrogen-bond donors (Lipinski definition) is 1. The van der Waals surface area contributed by atoms with Crippen LogP contribution in [0.2, 0.25) is 0 Å². The molecule has 2 rings (SSSR count). The molecule has 0 spiro atoms. The van der Waals surface area contributed by atoms with Crippen molar-refractivity contribution in [2.24, 2.45) is 11.8 Å². The Bertz CT molecular complexity index is 247. The van der Waals surface area contributed by atoms with Crippen LogP contribution in [0.4, 0.5) is 0 Å². The molecule has 0 aromatic heterocycles. The summed E-state index contributed by atoms with van der Waals surface area (Å²) >= 11 is 0. The number of ketones is 1. The average Bonchev–Trinajstić information content (AvgIpc) is 2.63. The highest BCUT2D eigenvalue weighted by Crippen LogP contribution is 2.28. The molecular weight excluding hydrogens is 214 g/mol. The van der Waals surface area contributed by atoms with Gasteiger partial charge in [-0.25, -0.2) is 0 Å². The van der Waals surface area contributed by atoms with Crippen LogP contribution in [0.25, 0.3) is 0 Å². The Labute approximate surface area is 104 Å². The number of Topliss-reactive ketones (excluding diaryl/α,β-unsaturated/α-hetero) is 1. The van der Waals surface area contributed by atoms with Gasteiger partial charge in [0.2, 0.25) is 0 Å². The summed E-state index contributed by atoms with van der Waals surface area (Å²) in [5.41, 5.74) is 0. The van der Waals surface area contributed by atoms with E-state index in [1.165, 1.54) is 25.7 Å². The molecule has 3 heteroatoms. The maximum atomic E-state index is 12.5. The van der Waals surface area contributed by atoms with E-state index in [-0.39, 0.29) is 12.0 Å². The molecule has 1 N–H and O–H groups in total. The normalized spacial score (nSPS) is 31.4. The van der Waals surface area contributed by atoms with Crippen molar-refractivity contribution in [1.82, 2.24) is 5.32 Å². The van der Waals surface area contributed by atoms with Gasteiger partial charge in [0.15, 0.2) is 0 Å². The molecule has 1 aliphatic carbocycles. The van der Waals surface area contributed by atoms with Crippen molar-refractivity contribution in [2.75, 3.05) is 19.8 Å². The molecule has 1 saturated heterocycles. The Morgan fingerprint density at radius 3 is 2.53 bits per heavy atom. The second kappa shape index (κ2) is 6.50. The highest BCUT2D eigenvalue weighted by Gasteiger charge is 2.36. The number of carbonyl (C=O) groups is 1. The first-order valence-corrected chi connectivity index (χ1v) is 7.17. The second-order valence-electron chi connectivity index (χ2n) is 5.40. The van der Waals surface area contributed by atoms with Gasteiger partial charge in [-0.2, -0.15) is 0 Å². The van der Waals surface area contributed by atoms with E-state index in [0.717, 1.165) is 19.4 Å². The highest BCUT2D eigenvalue weighted by atomic mass is 16.5. The third kappa shape index (κ3) is 3.29. The minimum Gasteiger partial charge on any atom is -0.379 e. The van der Waals surface area contributed by atoms with Gasteiger partial charge in [-0.1, -0.05) is 32.6 Å². The monoisotopic (exact) mass is 239 g/mol. The molecule has 2 fully saturated rings. The summed E-state index contributed by atoms with van der Waals surface area (Å²) in [6, 6.07) is 0.260. The van der Waals surface area contributed by atoms with E-state index in [2.05, 4.69) is 12.2 Å². The van der Waals surface area contributed by atoms with Gasteiger partial charge in [-0.3, -0.25) is 4.79 Å². The molecule has 3 nitrogen and oxygen atoms in total. The van der Waals surface area contributed by atoms with E-state index < -0.39 is 0 Å². The van der Waals surface area contributed by atoms with Crippen molar-refractivity contribution in [3.8, 4) is 0 Å². The van der Waals surface area contributed by atoms with Gasteiger partial charge in [0.25, 0.3) is 0 Å². The van der Waals surface area contributed by atoms with E-state index in [9.17, 15) is 4.79 Å². The summed E-state index contributed by atoms with van der Waals surface area (Å²) in [6.45, 7) is 4.35. The largest absolute Gasteiger partial charge is 0.379 e. The summed E-state index contributed by atoms with van der Waals surface area (Å²) in [5.74, 6) is 0.888. The van der Waals surface area contributed by atoms with Gasteiger partial charge in [0, 0.05) is 12.0 Å². The summed E-state index contributed by atoms with van der Waals surface area (Å²) in [5, 5.41) is 3.38. The molecule has 0 bridgehead atoms. The summed E-state index contributed by atoms with van der Waals surface area (Å²) < 4.78 is 5.48. The Kier molecular flexibility index (Phi) is 4.99. The average molecular weight is 239 g/mol. The topological polar surface area (TPSA) is 38.3 Å². The first-order valence-electron chi connectivity index (χ1n) is 7.17. The minimum absolute atomic E-state index is 0.109. The zero-order valence-corrected chi connectivity index (χ0v) is 10.9. The van der Waals surface area contributed by atoms with E-state index in [0.29, 0.717) is 24.9 Å². The second-order valence-corrected chi connectivity index (χ2v) is 5.40. The smallest absolute Gasteiger partial charge is 0.142 e. The first kappa shape index (κ1) is 13.0. The predicted octanol–water partition coefficient (Wildman–Crippen LogP) is 2.15. The van der Waals surface area contributed by atoms with Gasteiger partial charge in [0.05, 0.1) is 19.1 Å². The maximum absolute atomic E-state index is 12.5. The van der Waals surface area contributed by atoms with Crippen molar-refractivity contribution >= 4 is 5.78 Å². The molecule has 0 radical (unpaired) electrons. The van der Waals surface area contributed by atoms with Crippen LogP contribution in [-0.4, -0.2) is 31.6 Å². The van der Waals surface area contributed by atoms with Gasteiger partial charge >= 0.3 is 0 Å². The zero-order chi connectivity index (χ0) is 12.1. The molecule has 2 aliphatic rings. The molecule has 2 unspecified atom stereocenters. The summed E-state index contributed by atoms with van der Waals surface area (Å²) in [7, 11) is 0. The lowest BCUT2D eigenvalue weighted by atomic mass is 9.85. The molecule has 1 saturated carbocycles. The number of likely N-dealkylation sites (N-methyl/N-ethyl adjacent to an activating group) is 1. The maximum Gasteiger partial charge on any atom is 0.142 e. The Hall–Kier alpha value is -0.410. The van der Waals surface area contributed by atoms with E-state index in [1.807, 2.05) is 0 Å². The Balaban J connectivity index is 1.92. The van der Waals surface area contributed by atoms with Crippen molar-refractivity contribution < 1.29 is 9.53 Å². The lowest BCUT2D eigenvalue weighted by Gasteiger charge is -2.22. The molecule has 1 heterocycles. The zero-order valence-electron chi connectivity index (χ0n) is 10.9. The third-order valence-corrected chi connectivity index (χ3v) is 4.17. The molecular formula is C14H25NO2. The molecule has 98 valence electrons. The van der Waals surface area contributed by atoms with Crippen molar-refractivity contribution in [3.63, 3.8) is 0 Å². The fraction of sp³-hybridized carbons (Fsp3) is 0.929. The van der Waals surface area contributed by atoms with Crippen molar-refractivity contribution in [1.29, 1.82) is 0 Å². The van der Waals surface area contributed by atoms with Gasteiger partial charge in [-0.15, -0.1) is 0 Å². The number of nitrogens with one attached hydrogen (secondary N) is 1. The summed E-state index contributed by atoms with van der Waals surface area (Å²) in [6.07, 6.45) is 7.29. The molecule has 1 aliphatic heterocycles. The highest BCUT2D eigenvalue weighted by molar-refractivity contribution is 5.84. The molecule has 2 atom stereocenters. The lowest BCUT2D eigenvalue weighted by Crippen LogP contribution is -2.41. The Morgan fingerprint density at radius 2 is 1.88 bits per heavy atom. The quantitative estimate of drug-likeness (QED) is 0.764. The standard InChI is InChI=1S/C14H25NO2/c1-2-15-13-10-17-9-12(13)14(16)11-7-5-3-4-6-8-11/h11-13,15H,2-10H2,1H3. The van der Waals surface area contributed by atoms with E-state index in [1.54, 1.807) is 0 Å². The van der Waals surface area contributed by atoms with Crippen molar-refractivity contribution in [2.45, 2.75) is 51.5 Å². The predicted molar refractivity (Wildman–Crippen MR) is 68.0 cm³/mol. The van der Waals surface area contributed by atoms with E-state index >= 15 is 0 Å². The third-order valence-electron chi connectivity index (χ3n) is 4.17. The van der Waals surface area contributed by atoms with Crippen LogP contribution in [0.1, 0.15) is 45.4 Å². The number of ether oxygens (including phenoxy) is 1. The minimum atomic E-state index is 0.109. The van der Waals surface area contributed by atoms with Crippen LogP contribution in [0.3, 0.4) is 0 Å². The van der Waals surface area contributed by atoms with Gasteiger partial charge in [0.1, 0.15) is 5.78 Å². The van der Waals surface area contributed by atoms with Crippen LogP contribution >= 0.6 is 0 Å². The first-order chi connectivity index (χ1) is 8.33. The fourth-order valence-electron chi connectivity index (χ4n) is 3.16. The molecule has 17 heavy (non-hydrogen) atoms. The number of rotatable bonds is 4. The number of hydrogen-bond acceptors (Lipinski definition) is 3. The molecule has 0 aromatic carbocycles. The summed E-state index contributed by atoms with van der Waals surface area (Å²) in [4.78, 5) is 12.5. The van der Waals surface area contributed by atoms with Crippen molar-refractivity contribution in [3.05, 3.63) is 0 Å². The van der Waals surface area contributed by atoms with Crippen LogP contribution in [-0.2, 0) is 9.53 Å². The fourth-order valence-corrected chi connectivity index (χ4v) is 3.16. The molecule has 0 amide bonds. The number of carbonyl (C=O) groups excluding carboxylic acids is 1. The lowest BCUT2D eigenvalue weighted by molar-refractivity contribution is -0.127. The Morgan fingerprint density at radius 1 is 1.18 bits per heavy atom. The SMILES string of the molecule is CCNC1COCC1C(=O)C1CCCCCC1. The van der Waals surface area contributed by atoms with Crippen LogP contribution in [0.15, 0.2) is 0 Å².